The third kappa shape index (κ3) is 4.70. The van der Waals surface area contributed by atoms with E-state index in [1.807, 2.05) is 12.1 Å². The number of nitriles is 1. The van der Waals surface area contributed by atoms with E-state index < -0.39 is 8.07 Å². The first kappa shape index (κ1) is 17.8. The van der Waals surface area contributed by atoms with Gasteiger partial charge in [0.15, 0.2) is 0 Å². The predicted octanol–water partition coefficient (Wildman–Crippen LogP) is 5.85. The van der Waals surface area contributed by atoms with Gasteiger partial charge in [-0.3, -0.25) is 0 Å². The molecule has 0 spiro atoms. The van der Waals surface area contributed by atoms with Crippen LogP contribution in [-0.2, 0) is 5.60 Å². The third-order valence-corrected chi connectivity index (χ3v) is 6.75. The van der Waals surface area contributed by atoms with E-state index in [1.165, 1.54) is 10.9 Å². The molecule has 2 rings (SSSR count). The van der Waals surface area contributed by atoms with Gasteiger partial charge >= 0.3 is 0 Å². The van der Waals surface area contributed by atoms with Crippen LogP contribution in [0.1, 0.15) is 23.3 Å². The van der Waals surface area contributed by atoms with Crippen LogP contribution in [-0.4, -0.2) is 8.07 Å². The molecule has 2 aromatic rings. The van der Waals surface area contributed by atoms with Gasteiger partial charge < -0.3 is 4.74 Å². The second-order valence-corrected chi connectivity index (χ2v) is 13.6. The summed E-state index contributed by atoms with van der Waals surface area (Å²) in [6.45, 7) is 11.3. The van der Waals surface area contributed by atoms with Gasteiger partial charge in [-0.15, -0.1) is 11.3 Å². The molecule has 0 amide bonds. The molecule has 0 aliphatic heterocycles. The minimum absolute atomic E-state index is 0.372. The zero-order valence-electron chi connectivity index (χ0n) is 14.1. The summed E-state index contributed by atoms with van der Waals surface area (Å²) in [4.78, 5) is 1.23. The Morgan fingerprint density at radius 2 is 1.91 bits per heavy atom. The van der Waals surface area contributed by atoms with E-state index in [0.717, 1.165) is 12.2 Å². The third-order valence-electron chi connectivity index (χ3n) is 3.95. The Morgan fingerprint density at radius 1 is 1.22 bits per heavy atom. The average molecular weight is 343 g/mol. The largest absolute Gasteiger partial charge is 0.482 e. The van der Waals surface area contributed by atoms with Crippen molar-refractivity contribution in [2.75, 3.05) is 0 Å². The lowest BCUT2D eigenvalue weighted by molar-refractivity contribution is 0.0675. The van der Waals surface area contributed by atoms with Crippen LogP contribution in [0.2, 0.25) is 25.7 Å². The molecule has 1 radical (unpaired) electrons. The molecule has 1 atom stereocenters. The Labute approximate surface area is 144 Å². The van der Waals surface area contributed by atoms with Crippen molar-refractivity contribution < 1.29 is 4.74 Å². The number of ether oxygens (including phenoxy) is 1. The second kappa shape index (κ2) is 7.33. The molecule has 0 N–H and O–H groups in total. The molecule has 4 heteroatoms. The standard InChI is InChI=1S/C19H24NOSSi/c1-5-19(12-14-23(2,3)4,18-7-6-13-22-18)21-17-10-8-16(15-20)9-11-17/h6-11,13H,1,5,12,14H2,2-4H3/t19-/m0/s1. The molecular formula is C19H24NOSSi. The molecule has 0 unspecified atom stereocenters. The van der Waals surface area contributed by atoms with E-state index in [9.17, 15) is 0 Å². The fraction of sp³-hybridized carbons (Fsp3) is 0.368. The van der Waals surface area contributed by atoms with Crippen molar-refractivity contribution in [3.63, 3.8) is 0 Å². The van der Waals surface area contributed by atoms with Crippen molar-refractivity contribution in [3.8, 4) is 11.8 Å². The van der Waals surface area contributed by atoms with Crippen molar-refractivity contribution in [1.29, 1.82) is 5.26 Å². The van der Waals surface area contributed by atoms with E-state index in [-0.39, 0.29) is 5.60 Å². The first-order chi connectivity index (χ1) is 10.9. The lowest BCUT2D eigenvalue weighted by Gasteiger charge is -2.35. The SMILES string of the molecule is [CH2]C[C@@](CC[Si](C)(C)C)(Oc1ccc(C#N)cc1)c1cccs1. The van der Waals surface area contributed by atoms with Crippen molar-refractivity contribution in [2.45, 2.75) is 44.1 Å². The molecule has 0 aliphatic rings. The van der Waals surface area contributed by atoms with Gasteiger partial charge in [-0.1, -0.05) is 31.8 Å². The van der Waals surface area contributed by atoms with Gasteiger partial charge in [0.05, 0.1) is 11.6 Å². The summed E-state index contributed by atoms with van der Waals surface area (Å²) in [6, 6.07) is 14.9. The van der Waals surface area contributed by atoms with Crippen LogP contribution in [0.15, 0.2) is 41.8 Å². The maximum atomic E-state index is 8.94. The highest BCUT2D eigenvalue weighted by Gasteiger charge is 2.35. The number of hydrogen-bond donors (Lipinski definition) is 0. The topological polar surface area (TPSA) is 33.0 Å². The Bertz CT molecular complexity index is 652. The highest BCUT2D eigenvalue weighted by molar-refractivity contribution is 7.10. The molecule has 1 aromatic heterocycles. The summed E-state index contributed by atoms with van der Waals surface area (Å²) in [5.74, 6) is 0.802. The quantitative estimate of drug-likeness (QED) is 0.592. The van der Waals surface area contributed by atoms with Gasteiger partial charge in [0.2, 0.25) is 0 Å². The second-order valence-electron chi connectivity index (χ2n) is 7.02. The smallest absolute Gasteiger partial charge is 0.143 e. The van der Waals surface area contributed by atoms with Crippen molar-refractivity contribution in [2.24, 2.45) is 0 Å². The van der Waals surface area contributed by atoms with Gasteiger partial charge in [0.1, 0.15) is 11.4 Å². The number of rotatable bonds is 7. The Kier molecular flexibility index (Phi) is 5.67. The monoisotopic (exact) mass is 342 g/mol. The van der Waals surface area contributed by atoms with Crippen LogP contribution in [0.3, 0.4) is 0 Å². The minimum Gasteiger partial charge on any atom is -0.482 e. The fourth-order valence-electron chi connectivity index (χ4n) is 2.46. The molecular weight excluding hydrogens is 318 g/mol. The molecule has 23 heavy (non-hydrogen) atoms. The number of hydrogen-bond acceptors (Lipinski definition) is 3. The van der Waals surface area contributed by atoms with Crippen molar-refractivity contribution in [1.82, 2.24) is 0 Å². The fourth-order valence-corrected chi connectivity index (χ4v) is 4.54. The van der Waals surface area contributed by atoms with Crippen LogP contribution < -0.4 is 4.74 Å². The minimum atomic E-state index is -1.17. The first-order valence-corrected chi connectivity index (χ1v) is 12.5. The molecule has 1 aromatic carbocycles. The van der Waals surface area contributed by atoms with Gasteiger partial charge in [-0.25, -0.2) is 0 Å². The number of thiophene rings is 1. The van der Waals surface area contributed by atoms with E-state index in [4.69, 9.17) is 10.00 Å². The summed E-state index contributed by atoms with van der Waals surface area (Å²) in [7, 11) is -1.17. The summed E-state index contributed by atoms with van der Waals surface area (Å²) in [6.07, 6.45) is 1.67. The van der Waals surface area contributed by atoms with E-state index in [0.29, 0.717) is 12.0 Å². The van der Waals surface area contributed by atoms with Crippen molar-refractivity contribution in [3.05, 3.63) is 59.1 Å². The predicted molar refractivity (Wildman–Crippen MR) is 101 cm³/mol. The Morgan fingerprint density at radius 3 is 2.39 bits per heavy atom. The van der Waals surface area contributed by atoms with Gasteiger partial charge in [0, 0.05) is 13.0 Å². The average Bonchev–Trinajstić information content (AvgIpc) is 3.06. The molecule has 1 heterocycles. The summed E-state index contributed by atoms with van der Waals surface area (Å²) in [5.41, 5.74) is 0.276. The lowest BCUT2D eigenvalue weighted by atomic mass is 9.94. The molecule has 0 bridgehead atoms. The summed E-state index contributed by atoms with van der Waals surface area (Å²) in [5, 5.41) is 11.0. The highest BCUT2D eigenvalue weighted by Crippen LogP contribution is 2.39. The van der Waals surface area contributed by atoms with Crippen LogP contribution >= 0.6 is 11.3 Å². The molecule has 0 saturated heterocycles. The van der Waals surface area contributed by atoms with E-state index >= 15 is 0 Å². The number of benzene rings is 1. The van der Waals surface area contributed by atoms with Crippen LogP contribution in [0, 0.1) is 18.3 Å². The van der Waals surface area contributed by atoms with Crippen LogP contribution in [0.4, 0.5) is 0 Å². The maximum Gasteiger partial charge on any atom is 0.143 e. The molecule has 121 valence electrons. The van der Waals surface area contributed by atoms with E-state index in [2.05, 4.69) is 50.1 Å². The van der Waals surface area contributed by atoms with Crippen LogP contribution in [0.25, 0.3) is 0 Å². The van der Waals surface area contributed by atoms with Gasteiger partial charge in [0.25, 0.3) is 0 Å². The van der Waals surface area contributed by atoms with Crippen LogP contribution in [0.5, 0.6) is 5.75 Å². The Balaban J connectivity index is 2.30. The van der Waals surface area contributed by atoms with Gasteiger partial charge in [-0.2, -0.15) is 5.26 Å². The molecule has 2 nitrogen and oxygen atoms in total. The van der Waals surface area contributed by atoms with Gasteiger partial charge in [-0.05, 0) is 55.5 Å². The molecule has 0 saturated carbocycles. The zero-order valence-corrected chi connectivity index (χ0v) is 16.0. The summed E-state index contributed by atoms with van der Waals surface area (Å²) < 4.78 is 6.45. The maximum absolute atomic E-state index is 8.94. The van der Waals surface area contributed by atoms with E-state index in [1.54, 1.807) is 23.5 Å². The molecule has 0 aliphatic carbocycles. The number of nitrogens with zero attached hydrogens (tertiary/aromatic N) is 1. The summed E-state index contributed by atoms with van der Waals surface area (Å²) >= 11 is 1.73. The van der Waals surface area contributed by atoms with Crippen molar-refractivity contribution >= 4 is 19.4 Å². The highest BCUT2D eigenvalue weighted by atomic mass is 32.1. The molecule has 0 fully saturated rings. The lowest BCUT2D eigenvalue weighted by Crippen LogP contribution is -2.34. The first-order valence-electron chi connectivity index (χ1n) is 7.91. The Hall–Kier alpha value is -1.57. The normalized spacial score (nSPS) is 14.0. The zero-order chi connectivity index (χ0) is 16.9.